The van der Waals surface area contributed by atoms with Gasteiger partial charge in [0, 0.05) is 7.14 Å². The van der Waals surface area contributed by atoms with Crippen LogP contribution in [0.2, 0.25) is 0 Å². The Morgan fingerprint density at radius 3 is 2.42 bits per heavy atom. The molecule has 1 N–H and O–H groups in total. The fourth-order valence-electron chi connectivity index (χ4n) is 0.755. The lowest BCUT2D eigenvalue weighted by Gasteiger charge is -2.02. The average Bonchev–Trinajstić information content (AvgIpc) is 1.82. The van der Waals surface area contributed by atoms with Gasteiger partial charge in [0.05, 0.1) is 5.56 Å². The lowest BCUT2D eigenvalue weighted by Crippen LogP contribution is -1.94. The van der Waals surface area contributed by atoms with Crippen LogP contribution in [0.1, 0.15) is 10.4 Å². The molecule has 0 heterocycles. The Balaban J connectivity index is 3.38. The van der Waals surface area contributed by atoms with Crippen molar-refractivity contribution in [3.63, 3.8) is 0 Å². The molecular weight excluding hydrogens is 405 g/mol. The van der Waals surface area contributed by atoms with Gasteiger partial charge in [-0.05, 0) is 68.9 Å². The van der Waals surface area contributed by atoms with Gasteiger partial charge in [-0.15, -0.1) is 0 Å². The lowest BCUT2D eigenvalue weighted by atomic mass is 10.2. The van der Waals surface area contributed by atoms with E-state index in [4.69, 9.17) is 11.6 Å². The molecule has 1 aromatic rings. The first-order valence-corrected chi connectivity index (χ1v) is 5.43. The fourth-order valence-corrected chi connectivity index (χ4v) is 3.17. The molecule has 0 spiro atoms. The van der Waals surface area contributed by atoms with Crippen molar-refractivity contribution in [1.29, 1.82) is 0 Å². The second-order valence-electron chi connectivity index (χ2n) is 2.06. The Kier molecular flexibility index (Phi) is 3.59. The van der Waals surface area contributed by atoms with Gasteiger partial charge in [0.25, 0.3) is 5.24 Å². The first kappa shape index (κ1) is 10.5. The van der Waals surface area contributed by atoms with Crippen LogP contribution < -0.4 is 0 Å². The van der Waals surface area contributed by atoms with Gasteiger partial charge in [0.15, 0.2) is 0 Å². The first-order chi connectivity index (χ1) is 5.52. The monoisotopic (exact) mass is 408 g/mol. The van der Waals surface area contributed by atoms with Gasteiger partial charge in [-0.3, -0.25) is 4.79 Å². The summed E-state index contributed by atoms with van der Waals surface area (Å²) in [6, 6.07) is 3.27. The molecule has 0 radical (unpaired) electrons. The highest BCUT2D eigenvalue weighted by Crippen LogP contribution is 2.27. The summed E-state index contributed by atoms with van der Waals surface area (Å²) in [6.45, 7) is 0. The molecular formula is C7H3ClI2O2. The Morgan fingerprint density at radius 1 is 1.42 bits per heavy atom. The number of carbonyl (C=O) groups excluding carboxylic acids is 1. The fraction of sp³-hybridized carbons (Fsp3) is 0. The van der Waals surface area contributed by atoms with E-state index >= 15 is 0 Å². The molecule has 0 aliphatic carbocycles. The largest absolute Gasteiger partial charge is 0.507 e. The van der Waals surface area contributed by atoms with E-state index < -0.39 is 5.24 Å². The molecule has 5 heteroatoms. The van der Waals surface area contributed by atoms with E-state index in [-0.39, 0.29) is 11.3 Å². The molecule has 64 valence electrons. The van der Waals surface area contributed by atoms with Crippen molar-refractivity contribution < 1.29 is 9.90 Å². The van der Waals surface area contributed by atoms with Crippen molar-refractivity contribution in [1.82, 2.24) is 0 Å². The second kappa shape index (κ2) is 4.10. The molecule has 0 bridgehead atoms. The first-order valence-electron chi connectivity index (χ1n) is 2.90. The van der Waals surface area contributed by atoms with Crippen LogP contribution in [-0.4, -0.2) is 10.3 Å². The van der Waals surface area contributed by atoms with Crippen molar-refractivity contribution >= 4 is 62.0 Å². The van der Waals surface area contributed by atoms with E-state index in [0.29, 0.717) is 3.57 Å². The van der Waals surface area contributed by atoms with Crippen LogP contribution in [-0.2, 0) is 0 Å². The zero-order chi connectivity index (χ0) is 9.30. The van der Waals surface area contributed by atoms with Crippen LogP contribution in [0.3, 0.4) is 0 Å². The topological polar surface area (TPSA) is 37.3 Å². The summed E-state index contributed by atoms with van der Waals surface area (Å²) in [5.41, 5.74) is 0.178. The Morgan fingerprint density at radius 2 is 2.00 bits per heavy atom. The van der Waals surface area contributed by atoms with Crippen molar-refractivity contribution in [3.05, 3.63) is 24.8 Å². The van der Waals surface area contributed by atoms with E-state index in [0.717, 1.165) is 3.57 Å². The highest BCUT2D eigenvalue weighted by molar-refractivity contribution is 14.1. The molecule has 12 heavy (non-hydrogen) atoms. The SMILES string of the molecule is O=C(Cl)c1c(O)cc(I)cc1I. The number of aromatic hydroxyl groups is 1. The molecule has 0 aromatic heterocycles. The van der Waals surface area contributed by atoms with Crippen LogP contribution in [0, 0.1) is 7.14 Å². The molecule has 0 saturated heterocycles. The van der Waals surface area contributed by atoms with Gasteiger partial charge in [-0.2, -0.15) is 0 Å². The normalized spacial score (nSPS) is 9.92. The quantitative estimate of drug-likeness (QED) is 0.573. The maximum absolute atomic E-state index is 10.8. The summed E-state index contributed by atoms with van der Waals surface area (Å²) in [6.07, 6.45) is 0. The molecule has 1 rings (SSSR count). The summed E-state index contributed by atoms with van der Waals surface area (Å²) in [5, 5.41) is 8.70. The Hall–Kier alpha value is 0.440. The minimum absolute atomic E-state index is 0.0636. The van der Waals surface area contributed by atoms with Crippen LogP contribution in [0.25, 0.3) is 0 Å². The van der Waals surface area contributed by atoms with Crippen molar-refractivity contribution in [2.24, 2.45) is 0 Å². The predicted molar refractivity (Wildman–Crippen MR) is 63.7 cm³/mol. The molecule has 0 aliphatic heterocycles. The number of benzene rings is 1. The predicted octanol–water partition coefficient (Wildman–Crippen LogP) is 2.98. The average molecular weight is 408 g/mol. The van der Waals surface area contributed by atoms with Crippen molar-refractivity contribution in [3.8, 4) is 5.75 Å². The molecule has 2 nitrogen and oxygen atoms in total. The number of halogens is 3. The van der Waals surface area contributed by atoms with Gasteiger partial charge in [0.1, 0.15) is 5.75 Å². The highest BCUT2D eigenvalue weighted by Gasteiger charge is 2.13. The zero-order valence-electron chi connectivity index (χ0n) is 5.64. The standard InChI is InChI=1S/C7H3ClI2O2/c8-7(12)6-4(10)1-3(9)2-5(6)11/h1-2,11H. The van der Waals surface area contributed by atoms with E-state index in [2.05, 4.69) is 22.6 Å². The molecule has 0 atom stereocenters. The van der Waals surface area contributed by atoms with Gasteiger partial charge in [-0.25, -0.2) is 0 Å². The smallest absolute Gasteiger partial charge is 0.257 e. The zero-order valence-corrected chi connectivity index (χ0v) is 10.7. The number of hydrogen-bond acceptors (Lipinski definition) is 2. The molecule has 0 aliphatic rings. The summed E-state index contributed by atoms with van der Waals surface area (Å²) < 4.78 is 1.54. The van der Waals surface area contributed by atoms with E-state index in [1.807, 2.05) is 22.6 Å². The van der Waals surface area contributed by atoms with Gasteiger partial charge < -0.3 is 5.11 Å². The minimum Gasteiger partial charge on any atom is -0.507 e. The molecule has 0 saturated carbocycles. The van der Waals surface area contributed by atoms with Gasteiger partial charge in [0.2, 0.25) is 0 Å². The maximum Gasteiger partial charge on any atom is 0.257 e. The molecule has 0 fully saturated rings. The van der Waals surface area contributed by atoms with E-state index in [1.165, 1.54) is 6.07 Å². The lowest BCUT2D eigenvalue weighted by molar-refractivity contribution is 0.107. The van der Waals surface area contributed by atoms with E-state index in [9.17, 15) is 9.90 Å². The van der Waals surface area contributed by atoms with Gasteiger partial charge in [-0.1, -0.05) is 0 Å². The van der Waals surface area contributed by atoms with Gasteiger partial charge >= 0.3 is 0 Å². The Labute approximate surface area is 102 Å². The maximum atomic E-state index is 10.8. The third-order valence-electron chi connectivity index (χ3n) is 1.23. The van der Waals surface area contributed by atoms with Crippen LogP contribution >= 0.6 is 56.8 Å². The number of carbonyl (C=O) groups is 1. The summed E-state index contributed by atoms with van der Waals surface area (Å²) in [4.78, 5) is 10.8. The van der Waals surface area contributed by atoms with Crippen LogP contribution in [0.15, 0.2) is 12.1 Å². The summed E-state index contributed by atoms with van der Waals surface area (Å²) >= 11 is 9.27. The summed E-state index contributed by atoms with van der Waals surface area (Å²) in [5.74, 6) is -0.0636. The van der Waals surface area contributed by atoms with Crippen molar-refractivity contribution in [2.75, 3.05) is 0 Å². The highest BCUT2D eigenvalue weighted by atomic mass is 127. The third kappa shape index (κ3) is 2.23. The number of phenolic OH excluding ortho intramolecular Hbond substituents is 1. The van der Waals surface area contributed by atoms with E-state index in [1.54, 1.807) is 6.07 Å². The van der Waals surface area contributed by atoms with Crippen molar-refractivity contribution in [2.45, 2.75) is 0 Å². The van der Waals surface area contributed by atoms with Crippen LogP contribution in [0.5, 0.6) is 5.75 Å². The number of hydrogen-bond donors (Lipinski definition) is 1. The molecule has 0 amide bonds. The Bertz CT molecular complexity index is 315. The second-order valence-corrected chi connectivity index (χ2v) is 4.81. The minimum atomic E-state index is -0.631. The summed E-state index contributed by atoms with van der Waals surface area (Å²) in [7, 11) is 0. The third-order valence-corrected chi connectivity index (χ3v) is 2.89. The molecule has 1 aromatic carbocycles. The number of rotatable bonds is 1. The number of phenols is 1. The van der Waals surface area contributed by atoms with Crippen LogP contribution in [0.4, 0.5) is 0 Å². The molecule has 0 unspecified atom stereocenters.